The number of hydrogen-bond acceptors (Lipinski definition) is 2. The molecule has 0 aliphatic rings. The second kappa shape index (κ2) is 4.08. The van der Waals surface area contributed by atoms with E-state index in [2.05, 4.69) is 0 Å². The summed E-state index contributed by atoms with van der Waals surface area (Å²) in [7, 11) is -1.52. The Bertz CT molecular complexity index is 231. The second-order valence-electron chi connectivity index (χ2n) is 2.35. The van der Waals surface area contributed by atoms with E-state index in [1.807, 2.05) is 42.1 Å². The summed E-state index contributed by atoms with van der Waals surface area (Å²) in [4.78, 5) is 0. The third-order valence-corrected chi connectivity index (χ3v) is 1.95. The van der Waals surface area contributed by atoms with Gasteiger partial charge in [0.2, 0.25) is 9.12 Å². The highest BCUT2D eigenvalue weighted by atomic mass is 28.3. The smallest absolute Gasteiger partial charge is 0.204 e. The van der Waals surface area contributed by atoms with Gasteiger partial charge in [-0.05, 0) is 5.56 Å². The van der Waals surface area contributed by atoms with Gasteiger partial charge in [-0.2, -0.15) is 0 Å². The lowest BCUT2D eigenvalue weighted by Crippen LogP contribution is -2.34. The number of benzene rings is 1. The van der Waals surface area contributed by atoms with Crippen molar-refractivity contribution in [2.45, 2.75) is 0 Å². The van der Waals surface area contributed by atoms with E-state index in [1.54, 1.807) is 0 Å². The van der Waals surface area contributed by atoms with E-state index in [1.165, 1.54) is 0 Å². The number of rotatable bonds is 2. The third-order valence-electron chi connectivity index (χ3n) is 1.31. The Labute approximate surface area is 68.3 Å². The second-order valence-corrected chi connectivity index (χ2v) is 3.89. The van der Waals surface area contributed by atoms with E-state index in [0.717, 1.165) is 5.56 Å². The summed E-state index contributed by atoms with van der Waals surface area (Å²) in [5.74, 6) is 0. The minimum absolute atomic E-state index is 1.15. The standard InChI is InChI=1S/C8H12N2Si/c9-11(10)7-6-8-4-2-1-3-5-8/h1-7,11H,9-10H2. The van der Waals surface area contributed by atoms with Crippen molar-refractivity contribution < 1.29 is 0 Å². The van der Waals surface area contributed by atoms with Crippen LogP contribution in [0.15, 0.2) is 36.0 Å². The van der Waals surface area contributed by atoms with Crippen LogP contribution in [-0.2, 0) is 0 Å². The molecular weight excluding hydrogens is 152 g/mol. The predicted octanol–water partition coefficient (Wildman–Crippen LogP) is 0.377. The van der Waals surface area contributed by atoms with Crippen LogP contribution in [0.5, 0.6) is 0 Å². The van der Waals surface area contributed by atoms with Gasteiger partial charge in [0.15, 0.2) is 0 Å². The summed E-state index contributed by atoms with van der Waals surface area (Å²) in [5.41, 5.74) is 3.05. The molecule has 0 aromatic heterocycles. The fraction of sp³-hybridized carbons (Fsp3) is 0. The van der Waals surface area contributed by atoms with E-state index in [0.29, 0.717) is 0 Å². The molecule has 0 aliphatic carbocycles. The van der Waals surface area contributed by atoms with Crippen LogP contribution in [0.2, 0.25) is 0 Å². The first-order valence-electron chi connectivity index (χ1n) is 3.53. The Morgan fingerprint density at radius 3 is 2.27 bits per heavy atom. The van der Waals surface area contributed by atoms with Gasteiger partial charge in [-0.25, -0.2) is 0 Å². The molecule has 3 heteroatoms. The van der Waals surface area contributed by atoms with Crippen LogP contribution in [0.25, 0.3) is 6.08 Å². The first-order valence-corrected chi connectivity index (χ1v) is 5.53. The Kier molecular flexibility index (Phi) is 3.04. The molecule has 1 rings (SSSR count). The molecule has 0 amide bonds. The van der Waals surface area contributed by atoms with Gasteiger partial charge in [-0.3, -0.25) is 0 Å². The maximum absolute atomic E-state index is 5.47. The fourth-order valence-corrected chi connectivity index (χ4v) is 1.23. The number of hydrogen-bond donors (Lipinski definition) is 2. The third kappa shape index (κ3) is 3.13. The maximum Gasteiger partial charge on any atom is 0.204 e. The minimum Gasteiger partial charge on any atom is -0.338 e. The zero-order valence-corrected chi connectivity index (χ0v) is 7.43. The lowest BCUT2D eigenvalue weighted by molar-refractivity contribution is 1.65. The van der Waals surface area contributed by atoms with Gasteiger partial charge < -0.3 is 10.8 Å². The van der Waals surface area contributed by atoms with Crippen molar-refractivity contribution in [2.75, 3.05) is 0 Å². The lowest BCUT2D eigenvalue weighted by Gasteiger charge is -1.92. The van der Waals surface area contributed by atoms with Crippen molar-refractivity contribution in [1.82, 2.24) is 0 Å². The molecule has 0 heterocycles. The van der Waals surface area contributed by atoms with Crippen LogP contribution >= 0.6 is 0 Å². The van der Waals surface area contributed by atoms with Gasteiger partial charge in [-0.15, -0.1) is 0 Å². The molecule has 0 fully saturated rings. The molecule has 1 aromatic carbocycles. The topological polar surface area (TPSA) is 52.0 Å². The van der Waals surface area contributed by atoms with Crippen molar-refractivity contribution >= 4 is 15.2 Å². The van der Waals surface area contributed by atoms with Gasteiger partial charge in [0.1, 0.15) is 0 Å². The Balaban J connectivity index is 2.65. The van der Waals surface area contributed by atoms with Gasteiger partial charge in [0.25, 0.3) is 0 Å². The van der Waals surface area contributed by atoms with Crippen molar-refractivity contribution in [3.05, 3.63) is 41.6 Å². The van der Waals surface area contributed by atoms with E-state index in [9.17, 15) is 0 Å². The number of nitrogens with two attached hydrogens (primary N) is 2. The molecule has 0 radical (unpaired) electrons. The van der Waals surface area contributed by atoms with E-state index >= 15 is 0 Å². The zero-order valence-electron chi connectivity index (χ0n) is 6.27. The van der Waals surface area contributed by atoms with Crippen LogP contribution in [0.4, 0.5) is 0 Å². The first kappa shape index (κ1) is 8.20. The first-order chi connectivity index (χ1) is 5.29. The SMILES string of the molecule is N[SiH](N)C=Cc1ccccc1. The van der Waals surface area contributed by atoms with Crippen LogP contribution < -0.4 is 10.8 Å². The van der Waals surface area contributed by atoms with Crippen LogP contribution in [0, 0.1) is 0 Å². The van der Waals surface area contributed by atoms with Crippen LogP contribution in [0.3, 0.4) is 0 Å². The summed E-state index contributed by atoms with van der Waals surface area (Å²) in [5, 5.41) is 10.9. The average Bonchev–Trinajstić information content (AvgIpc) is 2.03. The van der Waals surface area contributed by atoms with Crippen LogP contribution in [-0.4, -0.2) is 9.12 Å². The summed E-state index contributed by atoms with van der Waals surface area (Å²) in [6, 6.07) is 10.0. The molecule has 0 bridgehead atoms. The molecule has 0 saturated heterocycles. The van der Waals surface area contributed by atoms with Crippen molar-refractivity contribution in [1.29, 1.82) is 0 Å². The molecule has 0 atom stereocenters. The molecule has 0 aliphatic heterocycles. The zero-order chi connectivity index (χ0) is 8.10. The molecule has 0 unspecified atom stereocenters. The average molecular weight is 164 g/mol. The normalized spacial score (nSPS) is 11.2. The Hall–Kier alpha value is -0.903. The van der Waals surface area contributed by atoms with E-state index in [-0.39, 0.29) is 0 Å². The molecule has 11 heavy (non-hydrogen) atoms. The molecule has 4 N–H and O–H groups in total. The quantitative estimate of drug-likeness (QED) is 0.621. The molecule has 58 valence electrons. The van der Waals surface area contributed by atoms with Crippen molar-refractivity contribution in [3.8, 4) is 0 Å². The summed E-state index contributed by atoms with van der Waals surface area (Å²) in [6.07, 6.45) is 1.97. The highest BCUT2D eigenvalue weighted by Crippen LogP contribution is 1.99. The predicted molar refractivity (Wildman–Crippen MR) is 51.0 cm³/mol. The highest BCUT2D eigenvalue weighted by molar-refractivity contribution is 6.58. The lowest BCUT2D eigenvalue weighted by atomic mass is 10.2. The Morgan fingerprint density at radius 1 is 1.09 bits per heavy atom. The molecular formula is C8H12N2Si. The summed E-state index contributed by atoms with van der Waals surface area (Å²) >= 11 is 0. The highest BCUT2D eigenvalue weighted by Gasteiger charge is 1.87. The van der Waals surface area contributed by atoms with Crippen LogP contribution in [0.1, 0.15) is 5.56 Å². The van der Waals surface area contributed by atoms with Crippen molar-refractivity contribution in [2.24, 2.45) is 10.8 Å². The minimum atomic E-state index is -1.52. The van der Waals surface area contributed by atoms with Gasteiger partial charge in [0.05, 0.1) is 0 Å². The van der Waals surface area contributed by atoms with Gasteiger partial charge in [0, 0.05) is 0 Å². The van der Waals surface area contributed by atoms with Crippen molar-refractivity contribution in [3.63, 3.8) is 0 Å². The monoisotopic (exact) mass is 164 g/mol. The summed E-state index contributed by atoms with van der Waals surface area (Å²) < 4.78 is 0. The van der Waals surface area contributed by atoms with Gasteiger partial charge in [-0.1, -0.05) is 42.1 Å². The summed E-state index contributed by atoms with van der Waals surface area (Å²) in [6.45, 7) is 0. The largest absolute Gasteiger partial charge is 0.338 e. The maximum atomic E-state index is 5.47. The Morgan fingerprint density at radius 2 is 1.73 bits per heavy atom. The van der Waals surface area contributed by atoms with E-state index < -0.39 is 9.12 Å². The molecule has 0 spiro atoms. The van der Waals surface area contributed by atoms with E-state index in [4.69, 9.17) is 10.8 Å². The molecule has 2 nitrogen and oxygen atoms in total. The van der Waals surface area contributed by atoms with Gasteiger partial charge >= 0.3 is 0 Å². The molecule has 1 aromatic rings. The molecule has 0 saturated carbocycles. The fourth-order valence-electron chi connectivity index (χ4n) is 0.786.